The largest absolute Gasteiger partial charge is 0.497 e. The van der Waals surface area contributed by atoms with Crippen LogP contribution in [0.15, 0.2) is 42.5 Å². The summed E-state index contributed by atoms with van der Waals surface area (Å²) in [7, 11) is 2.79. The number of esters is 1. The number of carbonyl (C=O) groups excluding carboxylic acids is 2. The zero-order valence-electron chi connectivity index (χ0n) is 12.7. The van der Waals surface area contributed by atoms with Gasteiger partial charge in [-0.1, -0.05) is 17.7 Å². The predicted molar refractivity (Wildman–Crippen MR) is 83.5 cm³/mol. The molecule has 1 N–H and O–H groups in total. The first-order chi connectivity index (χ1) is 10.5. The van der Waals surface area contributed by atoms with Crippen molar-refractivity contribution in [3.63, 3.8) is 0 Å². The maximum atomic E-state index is 12.2. The van der Waals surface area contributed by atoms with Gasteiger partial charge in [0.25, 0.3) is 5.91 Å². The van der Waals surface area contributed by atoms with Crippen molar-refractivity contribution in [3.05, 3.63) is 59.2 Å². The molecule has 0 radical (unpaired) electrons. The van der Waals surface area contributed by atoms with E-state index < -0.39 is 5.97 Å². The molecule has 0 aliphatic carbocycles. The molecule has 5 heteroatoms. The molecule has 22 heavy (non-hydrogen) atoms. The minimum atomic E-state index is -0.543. The maximum absolute atomic E-state index is 12.2. The molecule has 114 valence electrons. The molecule has 0 aliphatic heterocycles. The second kappa shape index (κ2) is 6.76. The number of anilines is 1. The van der Waals surface area contributed by atoms with E-state index >= 15 is 0 Å². The van der Waals surface area contributed by atoms with E-state index in [1.54, 1.807) is 24.3 Å². The van der Waals surface area contributed by atoms with E-state index in [0.29, 0.717) is 17.0 Å². The highest BCUT2D eigenvalue weighted by molar-refractivity contribution is 6.08. The van der Waals surface area contributed by atoms with Gasteiger partial charge in [0, 0.05) is 5.56 Å². The Morgan fingerprint density at radius 2 is 1.68 bits per heavy atom. The molecule has 0 saturated heterocycles. The molecule has 0 bridgehead atoms. The van der Waals surface area contributed by atoms with Crippen LogP contribution in [-0.4, -0.2) is 26.1 Å². The van der Waals surface area contributed by atoms with E-state index in [2.05, 4.69) is 5.32 Å². The number of carbonyl (C=O) groups is 2. The lowest BCUT2D eigenvalue weighted by Gasteiger charge is -2.11. The van der Waals surface area contributed by atoms with Crippen molar-refractivity contribution in [3.8, 4) is 5.75 Å². The van der Waals surface area contributed by atoms with Gasteiger partial charge < -0.3 is 14.8 Å². The van der Waals surface area contributed by atoms with Crippen LogP contribution in [0.3, 0.4) is 0 Å². The second-order valence-electron chi connectivity index (χ2n) is 4.72. The van der Waals surface area contributed by atoms with Gasteiger partial charge in [0.1, 0.15) is 5.75 Å². The monoisotopic (exact) mass is 299 g/mol. The number of amides is 1. The van der Waals surface area contributed by atoms with Gasteiger partial charge in [-0.05, 0) is 37.3 Å². The van der Waals surface area contributed by atoms with Crippen LogP contribution in [0.25, 0.3) is 0 Å². The van der Waals surface area contributed by atoms with Gasteiger partial charge in [-0.25, -0.2) is 4.79 Å². The molecule has 0 unspecified atom stereocenters. The first kappa shape index (κ1) is 15.6. The quantitative estimate of drug-likeness (QED) is 0.881. The summed E-state index contributed by atoms with van der Waals surface area (Å²) >= 11 is 0. The lowest BCUT2D eigenvalue weighted by molar-refractivity contribution is 0.0601. The van der Waals surface area contributed by atoms with Gasteiger partial charge in [0.2, 0.25) is 0 Å². The summed E-state index contributed by atoms with van der Waals surface area (Å²) in [5.74, 6) is -0.331. The fourth-order valence-corrected chi connectivity index (χ4v) is 1.94. The zero-order chi connectivity index (χ0) is 16.1. The third-order valence-electron chi connectivity index (χ3n) is 3.19. The van der Waals surface area contributed by atoms with Gasteiger partial charge in [0.15, 0.2) is 0 Å². The zero-order valence-corrected chi connectivity index (χ0v) is 12.7. The summed E-state index contributed by atoms with van der Waals surface area (Å²) in [6, 6.07) is 12.0. The number of hydrogen-bond acceptors (Lipinski definition) is 4. The molecule has 5 nitrogen and oxygen atoms in total. The van der Waals surface area contributed by atoms with Crippen LogP contribution in [0.5, 0.6) is 5.75 Å². The number of benzene rings is 2. The molecular formula is C17H17NO4. The molecule has 1 amide bonds. The number of ether oxygens (including phenoxy) is 2. The third-order valence-corrected chi connectivity index (χ3v) is 3.19. The molecular weight excluding hydrogens is 282 g/mol. The Morgan fingerprint density at radius 3 is 2.27 bits per heavy atom. The molecule has 2 aromatic carbocycles. The van der Waals surface area contributed by atoms with E-state index in [1.807, 2.05) is 19.1 Å². The Bertz CT molecular complexity index is 692. The molecule has 2 aromatic rings. The first-order valence-corrected chi connectivity index (χ1v) is 6.69. The predicted octanol–water partition coefficient (Wildman–Crippen LogP) is 3.04. The Balaban J connectivity index is 2.30. The SMILES string of the molecule is COC(=O)c1cc(OC)ccc1NC(=O)c1ccc(C)cc1. The van der Waals surface area contributed by atoms with E-state index in [1.165, 1.54) is 20.3 Å². The highest BCUT2D eigenvalue weighted by Gasteiger charge is 2.16. The normalized spacial score (nSPS) is 9.95. The average molecular weight is 299 g/mol. The van der Waals surface area contributed by atoms with Gasteiger partial charge in [0.05, 0.1) is 25.5 Å². The second-order valence-corrected chi connectivity index (χ2v) is 4.72. The Hall–Kier alpha value is -2.82. The molecule has 0 saturated carbocycles. The summed E-state index contributed by atoms with van der Waals surface area (Å²) in [5.41, 5.74) is 2.19. The molecule has 0 spiro atoms. The number of hydrogen-bond donors (Lipinski definition) is 1. The van der Waals surface area contributed by atoms with Gasteiger partial charge in [-0.3, -0.25) is 4.79 Å². The van der Waals surface area contributed by atoms with Crippen molar-refractivity contribution in [2.75, 3.05) is 19.5 Å². The minimum Gasteiger partial charge on any atom is -0.497 e. The van der Waals surface area contributed by atoms with Crippen LogP contribution in [0.2, 0.25) is 0 Å². The maximum Gasteiger partial charge on any atom is 0.340 e. The van der Waals surface area contributed by atoms with Crippen molar-refractivity contribution >= 4 is 17.6 Å². The minimum absolute atomic E-state index is 0.238. The third kappa shape index (κ3) is 3.44. The van der Waals surface area contributed by atoms with Crippen LogP contribution >= 0.6 is 0 Å². The van der Waals surface area contributed by atoms with Crippen molar-refractivity contribution in [1.82, 2.24) is 0 Å². The smallest absolute Gasteiger partial charge is 0.340 e. The Morgan fingerprint density at radius 1 is 1.00 bits per heavy atom. The highest BCUT2D eigenvalue weighted by atomic mass is 16.5. The van der Waals surface area contributed by atoms with Crippen molar-refractivity contribution in [2.45, 2.75) is 6.92 Å². The van der Waals surface area contributed by atoms with E-state index in [-0.39, 0.29) is 11.5 Å². The van der Waals surface area contributed by atoms with Crippen LogP contribution < -0.4 is 10.1 Å². The molecule has 0 aromatic heterocycles. The Labute approximate surface area is 128 Å². The van der Waals surface area contributed by atoms with Gasteiger partial charge in [-0.2, -0.15) is 0 Å². The number of nitrogens with one attached hydrogen (secondary N) is 1. The van der Waals surface area contributed by atoms with Crippen LogP contribution in [0.4, 0.5) is 5.69 Å². The lowest BCUT2D eigenvalue weighted by Crippen LogP contribution is -2.15. The standard InChI is InChI=1S/C17H17NO4/c1-11-4-6-12(7-5-11)16(19)18-15-9-8-13(21-2)10-14(15)17(20)22-3/h4-10H,1-3H3,(H,18,19). The van der Waals surface area contributed by atoms with Crippen molar-refractivity contribution in [2.24, 2.45) is 0 Å². The van der Waals surface area contributed by atoms with E-state index in [0.717, 1.165) is 5.56 Å². The molecule has 0 atom stereocenters. The molecule has 0 fully saturated rings. The highest BCUT2D eigenvalue weighted by Crippen LogP contribution is 2.23. The lowest BCUT2D eigenvalue weighted by atomic mass is 10.1. The number of methoxy groups -OCH3 is 2. The van der Waals surface area contributed by atoms with Gasteiger partial charge >= 0.3 is 5.97 Å². The van der Waals surface area contributed by atoms with E-state index in [9.17, 15) is 9.59 Å². The van der Waals surface area contributed by atoms with E-state index in [4.69, 9.17) is 9.47 Å². The molecule has 2 rings (SSSR count). The van der Waals surface area contributed by atoms with Crippen LogP contribution in [0, 0.1) is 6.92 Å². The fraction of sp³-hybridized carbons (Fsp3) is 0.176. The molecule has 0 heterocycles. The summed E-state index contributed by atoms with van der Waals surface area (Å²) in [4.78, 5) is 24.1. The van der Waals surface area contributed by atoms with Crippen LogP contribution in [0.1, 0.15) is 26.3 Å². The topological polar surface area (TPSA) is 64.6 Å². The number of rotatable bonds is 4. The first-order valence-electron chi connectivity index (χ1n) is 6.69. The summed E-state index contributed by atoms with van der Waals surface area (Å²) < 4.78 is 9.82. The average Bonchev–Trinajstić information content (AvgIpc) is 2.55. The van der Waals surface area contributed by atoms with Crippen molar-refractivity contribution in [1.29, 1.82) is 0 Å². The number of aryl methyl sites for hydroxylation is 1. The van der Waals surface area contributed by atoms with Gasteiger partial charge in [-0.15, -0.1) is 0 Å². The summed E-state index contributed by atoms with van der Waals surface area (Å²) in [6.07, 6.45) is 0. The molecule has 0 aliphatic rings. The fourth-order valence-electron chi connectivity index (χ4n) is 1.94. The Kier molecular flexibility index (Phi) is 4.78. The summed E-state index contributed by atoms with van der Waals surface area (Å²) in [5, 5.41) is 2.72. The van der Waals surface area contributed by atoms with Crippen molar-refractivity contribution < 1.29 is 19.1 Å². The van der Waals surface area contributed by atoms with Crippen LogP contribution in [-0.2, 0) is 4.74 Å². The summed E-state index contributed by atoms with van der Waals surface area (Å²) in [6.45, 7) is 1.94.